The highest BCUT2D eigenvalue weighted by Crippen LogP contribution is 2.41. The lowest BCUT2D eigenvalue weighted by Crippen LogP contribution is -2.51. The number of fused-ring (bicyclic) bond motifs is 1. The number of halogens is 2. The summed E-state index contributed by atoms with van der Waals surface area (Å²) in [6.07, 6.45) is 1.61. The second-order valence-corrected chi connectivity index (χ2v) is 7.56. The number of Topliss-reactive ketones (excluding diaryl/α,β-unsaturated/α-hetero) is 1. The van der Waals surface area contributed by atoms with Crippen LogP contribution in [0.3, 0.4) is 0 Å². The largest absolute Gasteiger partial charge is 0.503 e. The zero-order chi connectivity index (χ0) is 22.9. The molecule has 1 amide bonds. The second kappa shape index (κ2) is 8.58. The number of rotatable bonds is 6. The first kappa shape index (κ1) is 22.6. The van der Waals surface area contributed by atoms with Crippen molar-refractivity contribution in [2.24, 2.45) is 5.41 Å². The first-order valence-corrected chi connectivity index (χ1v) is 9.96. The van der Waals surface area contributed by atoms with Gasteiger partial charge in [-0.2, -0.15) is 0 Å². The average molecular weight is 434 g/mol. The van der Waals surface area contributed by atoms with Crippen LogP contribution < -0.4 is 10.7 Å². The van der Waals surface area contributed by atoms with E-state index in [9.17, 15) is 28.3 Å². The van der Waals surface area contributed by atoms with E-state index in [0.29, 0.717) is 18.9 Å². The van der Waals surface area contributed by atoms with E-state index in [1.54, 1.807) is 0 Å². The summed E-state index contributed by atoms with van der Waals surface area (Å²) in [6.45, 7) is 3.56. The first-order valence-electron chi connectivity index (χ1n) is 9.96. The van der Waals surface area contributed by atoms with Crippen LogP contribution in [0.1, 0.15) is 53.1 Å². The number of nitrogens with zero attached hydrogens (tertiary/aromatic N) is 1. The molecule has 3 rings (SSSR count). The molecule has 0 fully saturated rings. The van der Waals surface area contributed by atoms with Crippen molar-refractivity contribution in [1.82, 2.24) is 9.88 Å². The Morgan fingerprint density at radius 3 is 2.55 bits per heavy atom. The zero-order valence-electron chi connectivity index (χ0n) is 17.5. The van der Waals surface area contributed by atoms with Crippen LogP contribution >= 0.6 is 0 Å². The average Bonchev–Trinajstić information content (AvgIpc) is 2.75. The Kier molecular flexibility index (Phi) is 6.26. The van der Waals surface area contributed by atoms with Crippen molar-refractivity contribution in [2.75, 3.05) is 7.11 Å². The Labute approximate surface area is 177 Å². The molecule has 7 nitrogen and oxygen atoms in total. The topological polar surface area (TPSA) is 97.6 Å². The maximum atomic E-state index is 13.8. The van der Waals surface area contributed by atoms with E-state index in [1.807, 2.05) is 13.8 Å². The van der Waals surface area contributed by atoms with Crippen LogP contribution in [0, 0.1) is 17.0 Å². The fourth-order valence-electron chi connectivity index (χ4n) is 4.19. The molecule has 1 unspecified atom stereocenters. The van der Waals surface area contributed by atoms with E-state index in [1.165, 1.54) is 23.9 Å². The molecule has 0 saturated heterocycles. The minimum absolute atomic E-state index is 0.0299. The third-order valence-corrected chi connectivity index (χ3v) is 6.15. The quantitative estimate of drug-likeness (QED) is 0.729. The summed E-state index contributed by atoms with van der Waals surface area (Å²) in [5.74, 6) is -3.66. The lowest BCUT2D eigenvalue weighted by atomic mass is 9.70. The molecule has 0 bridgehead atoms. The third-order valence-electron chi connectivity index (χ3n) is 6.15. The van der Waals surface area contributed by atoms with E-state index in [0.717, 1.165) is 6.07 Å². The minimum Gasteiger partial charge on any atom is -0.503 e. The van der Waals surface area contributed by atoms with Gasteiger partial charge in [0, 0.05) is 31.5 Å². The lowest BCUT2D eigenvalue weighted by molar-refractivity contribution is -0.0259. The molecule has 2 N–H and O–H groups in total. The minimum atomic E-state index is -0.992. The van der Waals surface area contributed by atoms with Gasteiger partial charge in [-0.25, -0.2) is 8.78 Å². The van der Waals surface area contributed by atoms with E-state index in [2.05, 4.69) is 5.32 Å². The molecule has 1 aliphatic rings. The van der Waals surface area contributed by atoms with Crippen LogP contribution in [0.15, 0.2) is 29.2 Å². The SMILES string of the molecule is CCC1(CC)C(=O)c2c(O)c(=O)c(C(=O)NCc3ccc(F)cc3F)cn2CC1OC. The van der Waals surface area contributed by atoms with E-state index < -0.39 is 51.6 Å². The summed E-state index contributed by atoms with van der Waals surface area (Å²) in [7, 11) is 1.48. The number of carbonyl (C=O) groups is 2. The number of methoxy groups -OCH3 is 1. The van der Waals surface area contributed by atoms with Gasteiger partial charge in [0.15, 0.2) is 11.5 Å². The predicted octanol–water partition coefficient (Wildman–Crippen LogP) is 2.78. The van der Waals surface area contributed by atoms with Crippen LogP contribution in [0.25, 0.3) is 0 Å². The fourth-order valence-corrected chi connectivity index (χ4v) is 4.19. The number of carbonyl (C=O) groups excluding carboxylic acids is 2. The van der Waals surface area contributed by atoms with Gasteiger partial charge in [-0.1, -0.05) is 19.9 Å². The summed E-state index contributed by atoms with van der Waals surface area (Å²) in [4.78, 5) is 38.5. The first-order chi connectivity index (χ1) is 14.7. The van der Waals surface area contributed by atoms with Gasteiger partial charge in [0.25, 0.3) is 5.91 Å². The molecular formula is C22H24F2N2O5. The molecule has 31 heavy (non-hydrogen) atoms. The molecule has 0 spiro atoms. The number of ketones is 1. The highest BCUT2D eigenvalue weighted by Gasteiger charge is 2.49. The second-order valence-electron chi connectivity index (χ2n) is 7.56. The predicted molar refractivity (Wildman–Crippen MR) is 108 cm³/mol. The monoisotopic (exact) mass is 434 g/mol. The van der Waals surface area contributed by atoms with E-state index in [4.69, 9.17) is 4.74 Å². The van der Waals surface area contributed by atoms with Crippen LogP contribution in [0.5, 0.6) is 5.75 Å². The van der Waals surface area contributed by atoms with Gasteiger partial charge in [0.05, 0.1) is 18.1 Å². The number of aromatic nitrogens is 1. The standard InChI is InChI=1S/C22H24F2N2O5/c1-4-22(5-2)16(31-3)11-26-10-14(18(27)19(28)17(26)20(22)29)21(30)25-9-12-6-7-13(23)8-15(12)24/h6-8,10,16,28H,4-5,9,11H2,1-3H3,(H,25,30). The normalized spacial score (nSPS) is 17.3. The van der Waals surface area contributed by atoms with Gasteiger partial charge in [0.1, 0.15) is 22.9 Å². The fraction of sp³-hybridized carbons (Fsp3) is 0.409. The molecular weight excluding hydrogens is 410 g/mol. The molecule has 9 heteroatoms. The molecule has 1 aromatic carbocycles. The van der Waals surface area contributed by atoms with Crippen LogP contribution in [0.2, 0.25) is 0 Å². The summed E-state index contributed by atoms with van der Waals surface area (Å²) < 4.78 is 33.7. The molecule has 0 saturated carbocycles. The van der Waals surface area contributed by atoms with Crippen molar-refractivity contribution in [3.05, 3.63) is 63.1 Å². The number of pyridine rings is 1. The zero-order valence-corrected chi connectivity index (χ0v) is 17.5. The smallest absolute Gasteiger partial charge is 0.257 e. The van der Waals surface area contributed by atoms with E-state index >= 15 is 0 Å². The maximum Gasteiger partial charge on any atom is 0.257 e. The van der Waals surface area contributed by atoms with Gasteiger partial charge < -0.3 is 19.7 Å². The number of hydrogen-bond acceptors (Lipinski definition) is 5. The Morgan fingerprint density at radius 1 is 1.29 bits per heavy atom. The van der Waals surface area contributed by atoms with Crippen molar-refractivity contribution < 1.29 is 28.2 Å². The van der Waals surface area contributed by atoms with Crippen molar-refractivity contribution in [3.63, 3.8) is 0 Å². The Hall–Kier alpha value is -3.07. The molecule has 166 valence electrons. The molecule has 1 atom stereocenters. The third kappa shape index (κ3) is 3.74. The number of amides is 1. The van der Waals surface area contributed by atoms with Gasteiger partial charge in [-0.05, 0) is 18.9 Å². The number of aromatic hydroxyl groups is 1. The Morgan fingerprint density at radius 2 is 1.97 bits per heavy atom. The number of hydrogen-bond donors (Lipinski definition) is 2. The van der Waals surface area contributed by atoms with Gasteiger partial charge in [-0.3, -0.25) is 14.4 Å². The number of nitrogens with one attached hydrogen (secondary N) is 1. The van der Waals surface area contributed by atoms with Crippen molar-refractivity contribution >= 4 is 11.7 Å². The number of ether oxygens (including phenoxy) is 1. The summed E-state index contributed by atoms with van der Waals surface area (Å²) in [5, 5.41) is 12.9. The van der Waals surface area contributed by atoms with Gasteiger partial charge >= 0.3 is 0 Å². The van der Waals surface area contributed by atoms with Crippen LogP contribution in [-0.4, -0.2) is 34.6 Å². The van der Waals surface area contributed by atoms with Crippen molar-refractivity contribution in [1.29, 1.82) is 0 Å². The molecule has 1 aromatic heterocycles. The molecule has 1 aliphatic heterocycles. The number of benzene rings is 1. The highest BCUT2D eigenvalue weighted by atomic mass is 19.1. The Balaban J connectivity index is 1.96. The summed E-state index contributed by atoms with van der Waals surface area (Å²) in [5.41, 5.74) is -2.39. The van der Waals surface area contributed by atoms with Crippen LogP contribution in [0.4, 0.5) is 8.78 Å². The molecule has 0 radical (unpaired) electrons. The van der Waals surface area contributed by atoms with Gasteiger partial charge in [-0.15, -0.1) is 0 Å². The molecule has 2 aromatic rings. The molecule has 0 aliphatic carbocycles. The summed E-state index contributed by atoms with van der Waals surface area (Å²) in [6, 6.07) is 2.92. The van der Waals surface area contributed by atoms with Crippen molar-refractivity contribution in [2.45, 2.75) is 45.9 Å². The highest BCUT2D eigenvalue weighted by molar-refractivity contribution is 6.03. The van der Waals surface area contributed by atoms with E-state index in [-0.39, 0.29) is 24.3 Å². The Bertz CT molecular complexity index is 1090. The molecule has 2 heterocycles. The van der Waals surface area contributed by atoms with Crippen LogP contribution in [-0.2, 0) is 17.8 Å². The maximum absolute atomic E-state index is 13.8. The van der Waals surface area contributed by atoms with Crippen molar-refractivity contribution in [3.8, 4) is 5.75 Å². The summed E-state index contributed by atoms with van der Waals surface area (Å²) >= 11 is 0. The van der Waals surface area contributed by atoms with Gasteiger partial charge in [0.2, 0.25) is 5.43 Å². The lowest BCUT2D eigenvalue weighted by Gasteiger charge is -2.42.